The molecule has 0 bridgehead atoms. The second-order valence-corrected chi connectivity index (χ2v) is 5.67. The highest BCUT2D eigenvalue weighted by atomic mass is 19.3. The molecule has 0 fully saturated rings. The zero-order valence-electron chi connectivity index (χ0n) is 13.6. The van der Waals surface area contributed by atoms with E-state index >= 15 is 0 Å². The van der Waals surface area contributed by atoms with E-state index in [0.717, 1.165) is 16.7 Å². The Labute approximate surface area is 138 Å². The number of hydrogen-bond acceptors (Lipinski definition) is 2. The van der Waals surface area contributed by atoms with Crippen molar-refractivity contribution in [1.82, 2.24) is 14.7 Å². The number of aromatic nitrogens is 2. The fraction of sp³-hybridized carbons (Fsp3) is 0.222. The van der Waals surface area contributed by atoms with E-state index in [0.29, 0.717) is 5.69 Å². The lowest BCUT2D eigenvalue weighted by Crippen LogP contribution is -2.18. The minimum Gasteiger partial charge on any atom is -0.355 e. The van der Waals surface area contributed by atoms with Crippen LogP contribution in [0.25, 0.3) is 16.9 Å². The molecule has 0 saturated heterocycles. The van der Waals surface area contributed by atoms with Crippen LogP contribution in [0.5, 0.6) is 0 Å². The van der Waals surface area contributed by atoms with Gasteiger partial charge in [-0.25, -0.2) is 13.8 Å². The van der Waals surface area contributed by atoms with Crippen LogP contribution in [-0.4, -0.2) is 22.3 Å². The maximum atomic E-state index is 13.5. The smallest absolute Gasteiger partial charge is 0.278 e. The molecule has 1 N–H and O–H groups in total. The summed E-state index contributed by atoms with van der Waals surface area (Å²) in [6.07, 6.45) is -1.23. The number of alkyl halides is 2. The van der Waals surface area contributed by atoms with E-state index in [1.807, 2.05) is 32.0 Å². The average molecular weight is 329 g/mol. The van der Waals surface area contributed by atoms with Gasteiger partial charge < -0.3 is 5.32 Å². The zero-order valence-corrected chi connectivity index (χ0v) is 13.6. The van der Waals surface area contributed by atoms with Crippen LogP contribution in [-0.2, 0) is 0 Å². The quantitative estimate of drug-likeness (QED) is 0.792. The largest absolute Gasteiger partial charge is 0.355 e. The molecule has 4 nitrogen and oxygen atoms in total. The minimum absolute atomic E-state index is 0.191. The summed E-state index contributed by atoms with van der Waals surface area (Å²) in [5, 5.41) is 2.50. The molecule has 2 heterocycles. The van der Waals surface area contributed by atoms with Crippen molar-refractivity contribution in [1.29, 1.82) is 0 Å². The normalized spacial score (nSPS) is 11.2. The Balaban J connectivity index is 2.28. The third kappa shape index (κ3) is 2.64. The number of hydrogen-bond donors (Lipinski definition) is 1. The first-order chi connectivity index (χ1) is 11.4. The summed E-state index contributed by atoms with van der Waals surface area (Å²) in [5.74, 6) is -0.359. The number of fused-ring (bicyclic) bond motifs is 1. The summed E-state index contributed by atoms with van der Waals surface area (Å²) >= 11 is 0. The number of nitrogens with zero attached hydrogens (tertiary/aromatic N) is 2. The number of halogens is 2. The molecule has 24 heavy (non-hydrogen) atoms. The third-order valence-corrected chi connectivity index (χ3v) is 4.15. The van der Waals surface area contributed by atoms with Gasteiger partial charge in [0.1, 0.15) is 0 Å². The third-order valence-electron chi connectivity index (χ3n) is 4.15. The van der Waals surface area contributed by atoms with E-state index < -0.39 is 6.43 Å². The maximum Gasteiger partial charge on any atom is 0.278 e. The SMILES string of the molecule is CNC(=O)c1ccn2c(C(F)F)cc(-c3ccc(C)c(C)c3)nc12. The van der Waals surface area contributed by atoms with E-state index in [-0.39, 0.29) is 22.8 Å². The average Bonchev–Trinajstić information content (AvgIpc) is 2.99. The molecule has 0 atom stereocenters. The molecule has 0 unspecified atom stereocenters. The first-order valence-corrected chi connectivity index (χ1v) is 7.52. The molecule has 0 spiro atoms. The first kappa shape index (κ1) is 16.1. The van der Waals surface area contributed by atoms with Gasteiger partial charge in [0.05, 0.1) is 17.0 Å². The van der Waals surface area contributed by atoms with E-state index in [4.69, 9.17) is 0 Å². The van der Waals surface area contributed by atoms with Gasteiger partial charge in [0, 0.05) is 18.8 Å². The standard InChI is InChI=1S/C18H17F2N3O/c1-10-4-5-12(8-11(10)2)14-9-15(16(19)20)23-7-6-13(17(23)22-14)18(24)21-3/h4-9,16H,1-3H3,(H,21,24). The van der Waals surface area contributed by atoms with Crippen LogP contribution in [0.4, 0.5) is 8.78 Å². The van der Waals surface area contributed by atoms with Gasteiger partial charge in [-0.2, -0.15) is 0 Å². The molecule has 0 radical (unpaired) electrons. The van der Waals surface area contributed by atoms with E-state index in [2.05, 4.69) is 10.3 Å². The lowest BCUT2D eigenvalue weighted by Gasteiger charge is -2.11. The fourth-order valence-corrected chi connectivity index (χ4v) is 2.63. The van der Waals surface area contributed by atoms with Crippen LogP contribution in [0.15, 0.2) is 36.5 Å². The van der Waals surface area contributed by atoms with Crippen LogP contribution in [0.1, 0.15) is 33.6 Å². The van der Waals surface area contributed by atoms with Gasteiger partial charge in [-0.15, -0.1) is 0 Å². The van der Waals surface area contributed by atoms with Gasteiger partial charge in [-0.1, -0.05) is 12.1 Å². The molecule has 1 amide bonds. The van der Waals surface area contributed by atoms with Gasteiger partial charge in [-0.3, -0.25) is 9.20 Å². The molecule has 0 aliphatic heterocycles. The maximum absolute atomic E-state index is 13.5. The Hall–Kier alpha value is -2.76. The van der Waals surface area contributed by atoms with Gasteiger partial charge in [0.25, 0.3) is 12.3 Å². The Morgan fingerprint density at radius 2 is 1.92 bits per heavy atom. The second kappa shape index (κ2) is 6.03. The van der Waals surface area contributed by atoms with Crippen molar-refractivity contribution in [3.63, 3.8) is 0 Å². The summed E-state index contributed by atoms with van der Waals surface area (Å²) in [6, 6.07) is 8.55. The Morgan fingerprint density at radius 1 is 1.17 bits per heavy atom. The molecule has 0 aliphatic carbocycles. The van der Waals surface area contributed by atoms with Gasteiger partial charge in [0.15, 0.2) is 5.65 Å². The minimum atomic E-state index is -2.68. The Bertz CT molecular complexity index is 931. The topological polar surface area (TPSA) is 46.4 Å². The molecule has 3 aromatic rings. The van der Waals surface area contributed by atoms with Gasteiger partial charge in [-0.05, 0) is 43.2 Å². The van der Waals surface area contributed by atoms with E-state index in [1.54, 1.807) is 0 Å². The number of rotatable bonds is 3. The summed E-state index contributed by atoms with van der Waals surface area (Å²) in [5.41, 5.74) is 3.63. The number of amides is 1. The molecule has 2 aromatic heterocycles. The molecule has 124 valence electrons. The van der Waals surface area contributed by atoms with Crippen molar-refractivity contribution in [3.8, 4) is 11.3 Å². The van der Waals surface area contributed by atoms with Gasteiger partial charge in [0.2, 0.25) is 0 Å². The van der Waals surface area contributed by atoms with Gasteiger partial charge >= 0.3 is 0 Å². The number of aryl methyl sites for hydroxylation is 2. The van der Waals surface area contributed by atoms with Crippen molar-refractivity contribution in [2.24, 2.45) is 0 Å². The monoisotopic (exact) mass is 329 g/mol. The van der Waals surface area contributed by atoms with Crippen molar-refractivity contribution >= 4 is 11.6 Å². The summed E-state index contributed by atoms with van der Waals surface area (Å²) in [7, 11) is 1.49. The number of benzene rings is 1. The van der Waals surface area contributed by atoms with Crippen molar-refractivity contribution in [2.45, 2.75) is 20.3 Å². The first-order valence-electron chi connectivity index (χ1n) is 7.52. The highest BCUT2D eigenvalue weighted by molar-refractivity contribution is 6.00. The predicted octanol–water partition coefficient (Wildman–Crippen LogP) is 3.92. The van der Waals surface area contributed by atoms with E-state index in [1.165, 1.54) is 29.8 Å². The molecule has 0 aliphatic rings. The Kier molecular flexibility index (Phi) is 4.05. The van der Waals surface area contributed by atoms with Crippen LogP contribution in [0.3, 0.4) is 0 Å². The summed E-state index contributed by atoms with van der Waals surface area (Å²) < 4.78 is 28.2. The summed E-state index contributed by atoms with van der Waals surface area (Å²) in [4.78, 5) is 16.4. The molecule has 6 heteroatoms. The molecule has 0 saturated carbocycles. The lowest BCUT2D eigenvalue weighted by atomic mass is 10.0. The van der Waals surface area contributed by atoms with E-state index in [9.17, 15) is 13.6 Å². The van der Waals surface area contributed by atoms with Crippen molar-refractivity contribution in [3.05, 3.63) is 58.9 Å². The summed E-state index contributed by atoms with van der Waals surface area (Å²) in [6.45, 7) is 3.94. The molecule has 3 rings (SSSR count). The highest BCUT2D eigenvalue weighted by Crippen LogP contribution is 2.28. The van der Waals surface area contributed by atoms with Crippen LogP contribution in [0.2, 0.25) is 0 Å². The fourth-order valence-electron chi connectivity index (χ4n) is 2.63. The van der Waals surface area contributed by atoms with Crippen molar-refractivity contribution < 1.29 is 13.6 Å². The van der Waals surface area contributed by atoms with Crippen LogP contribution in [0, 0.1) is 13.8 Å². The number of carbonyl (C=O) groups excluding carboxylic acids is 1. The molecular weight excluding hydrogens is 312 g/mol. The molecular formula is C18H17F2N3O. The van der Waals surface area contributed by atoms with Crippen LogP contribution < -0.4 is 5.32 Å². The van der Waals surface area contributed by atoms with Crippen LogP contribution >= 0.6 is 0 Å². The number of carbonyl (C=O) groups is 1. The zero-order chi connectivity index (χ0) is 17.4. The predicted molar refractivity (Wildman–Crippen MR) is 88.4 cm³/mol. The second-order valence-electron chi connectivity index (χ2n) is 5.67. The lowest BCUT2D eigenvalue weighted by molar-refractivity contribution is 0.0964. The van der Waals surface area contributed by atoms with Crippen molar-refractivity contribution in [2.75, 3.05) is 7.05 Å². The molecule has 1 aromatic carbocycles. The Morgan fingerprint density at radius 3 is 2.54 bits per heavy atom. The highest BCUT2D eigenvalue weighted by Gasteiger charge is 2.19. The number of nitrogens with one attached hydrogen (secondary N) is 1.